The maximum atomic E-state index is 12.9. The number of esters is 1. The van der Waals surface area contributed by atoms with Gasteiger partial charge < -0.3 is 14.1 Å². The van der Waals surface area contributed by atoms with E-state index < -0.39 is 29.1 Å². The molecule has 0 saturated heterocycles. The monoisotopic (exact) mass is 294 g/mol. The summed E-state index contributed by atoms with van der Waals surface area (Å²) in [5.74, 6) is -2.11. The summed E-state index contributed by atoms with van der Waals surface area (Å²) in [6.45, 7) is 6.75. The van der Waals surface area contributed by atoms with Crippen molar-refractivity contribution in [2.75, 3.05) is 18.6 Å². The highest BCUT2D eigenvalue weighted by Crippen LogP contribution is 2.35. The van der Waals surface area contributed by atoms with Crippen molar-refractivity contribution in [1.82, 2.24) is 4.98 Å². The molecule has 1 rings (SSSR count). The molecule has 0 N–H and O–H groups in total. The summed E-state index contributed by atoms with van der Waals surface area (Å²) in [4.78, 5) is 16.3. The van der Waals surface area contributed by atoms with E-state index in [1.54, 1.807) is 20.8 Å². The molecule has 0 aliphatic carbocycles. The van der Waals surface area contributed by atoms with E-state index in [0.29, 0.717) is 0 Å². The number of nitrogens with zero attached hydrogens (tertiary/aromatic N) is 2. The second kappa shape index (κ2) is 5.34. The van der Waals surface area contributed by atoms with E-state index in [0.717, 1.165) is 0 Å². The summed E-state index contributed by atoms with van der Waals surface area (Å²) >= 11 is 0. The van der Waals surface area contributed by atoms with Gasteiger partial charge in [-0.05, 0) is 27.7 Å². The van der Waals surface area contributed by atoms with Gasteiger partial charge in [0.25, 0.3) is 6.01 Å². The highest BCUT2D eigenvalue weighted by molar-refractivity contribution is 5.88. The van der Waals surface area contributed by atoms with E-state index in [4.69, 9.17) is 4.42 Å². The predicted octanol–water partition coefficient (Wildman–Crippen LogP) is 3.10. The Balaban J connectivity index is 3.30. The Hall–Kier alpha value is -1.73. The van der Waals surface area contributed by atoms with Crippen molar-refractivity contribution in [3.63, 3.8) is 0 Å². The van der Waals surface area contributed by atoms with Gasteiger partial charge >= 0.3 is 12.1 Å². The molecular formula is C12H17F3N2O3. The largest absolute Gasteiger partial charge is 0.460 e. The molecule has 5 nitrogen and oxygen atoms in total. The van der Waals surface area contributed by atoms with Crippen LogP contribution in [0.4, 0.5) is 19.2 Å². The first-order chi connectivity index (χ1) is 8.98. The van der Waals surface area contributed by atoms with Crippen molar-refractivity contribution in [3.05, 3.63) is 11.5 Å². The second-order valence-electron chi connectivity index (χ2n) is 5.12. The van der Waals surface area contributed by atoms with Crippen LogP contribution in [0.15, 0.2) is 4.42 Å². The Bertz CT molecular complexity index is 489. The zero-order chi connectivity index (χ0) is 15.7. The molecule has 0 aliphatic heterocycles. The van der Waals surface area contributed by atoms with Crippen LogP contribution < -0.4 is 4.90 Å². The topological polar surface area (TPSA) is 55.6 Å². The van der Waals surface area contributed by atoms with Gasteiger partial charge in [-0.25, -0.2) is 4.79 Å². The van der Waals surface area contributed by atoms with E-state index in [1.165, 1.54) is 18.9 Å². The summed E-state index contributed by atoms with van der Waals surface area (Å²) in [6.07, 6.45) is -4.79. The molecule has 0 radical (unpaired) electrons. The summed E-state index contributed by atoms with van der Waals surface area (Å²) < 4.78 is 48.1. The molecule has 0 fully saturated rings. The molecule has 0 atom stereocenters. The van der Waals surface area contributed by atoms with E-state index in [-0.39, 0.29) is 12.6 Å². The SMILES string of the molecule is CCOC(=O)c1oc(N(C)C(C)(C)C)nc1C(F)(F)F. The molecule has 114 valence electrons. The van der Waals surface area contributed by atoms with Crippen molar-refractivity contribution >= 4 is 12.0 Å². The number of hydrogen-bond donors (Lipinski definition) is 0. The Morgan fingerprint density at radius 3 is 2.30 bits per heavy atom. The van der Waals surface area contributed by atoms with Gasteiger partial charge in [0.2, 0.25) is 5.76 Å². The molecule has 0 saturated carbocycles. The van der Waals surface area contributed by atoms with Gasteiger partial charge in [-0.3, -0.25) is 0 Å². The van der Waals surface area contributed by atoms with Crippen molar-refractivity contribution < 1.29 is 27.1 Å². The zero-order valence-electron chi connectivity index (χ0n) is 12.0. The van der Waals surface area contributed by atoms with Crippen LogP contribution in [0.25, 0.3) is 0 Å². The molecule has 0 amide bonds. The number of aromatic nitrogens is 1. The van der Waals surface area contributed by atoms with E-state index >= 15 is 0 Å². The Morgan fingerprint density at radius 2 is 1.90 bits per heavy atom. The Morgan fingerprint density at radius 1 is 1.35 bits per heavy atom. The third-order valence-electron chi connectivity index (χ3n) is 2.64. The van der Waals surface area contributed by atoms with Gasteiger partial charge in [0.1, 0.15) is 0 Å². The van der Waals surface area contributed by atoms with Crippen molar-refractivity contribution in [2.45, 2.75) is 39.4 Å². The smallest absolute Gasteiger partial charge is 0.437 e. The van der Waals surface area contributed by atoms with Crippen molar-refractivity contribution in [2.24, 2.45) is 0 Å². The molecule has 1 aromatic heterocycles. The zero-order valence-corrected chi connectivity index (χ0v) is 12.0. The minimum absolute atomic E-state index is 0.0543. The Labute approximate surface area is 114 Å². The van der Waals surface area contributed by atoms with Crippen molar-refractivity contribution in [1.29, 1.82) is 0 Å². The molecule has 0 spiro atoms. The first kappa shape index (κ1) is 16.3. The first-order valence-electron chi connectivity index (χ1n) is 5.97. The predicted molar refractivity (Wildman–Crippen MR) is 65.6 cm³/mol. The van der Waals surface area contributed by atoms with Crippen LogP contribution in [0.5, 0.6) is 0 Å². The molecule has 8 heteroatoms. The van der Waals surface area contributed by atoms with Crippen LogP contribution in [-0.2, 0) is 10.9 Å². The second-order valence-corrected chi connectivity index (χ2v) is 5.12. The number of rotatable bonds is 3. The van der Waals surface area contributed by atoms with E-state index in [9.17, 15) is 18.0 Å². The van der Waals surface area contributed by atoms with Crippen LogP contribution in [0.3, 0.4) is 0 Å². The number of alkyl halides is 3. The fourth-order valence-corrected chi connectivity index (χ4v) is 1.27. The van der Waals surface area contributed by atoms with Gasteiger partial charge in [-0.1, -0.05) is 0 Å². The summed E-state index contributed by atoms with van der Waals surface area (Å²) in [5.41, 5.74) is -1.89. The number of carbonyl (C=O) groups excluding carboxylic acids is 1. The van der Waals surface area contributed by atoms with Gasteiger partial charge in [-0.2, -0.15) is 18.2 Å². The standard InChI is InChI=1S/C12H17F3N2O3/c1-6-19-9(18)7-8(12(13,14)15)16-10(20-7)17(5)11(2,3)4/h6H2,1-5H3. The number of hydrogen-bond acceptors (Lipinski definition) is 5. The van der Waals surface area contributed by atoms with E-state index in [2.05, 4.69) is 9.72 Å². The van der Waals surface area contributed by atoms with Gasteiger partial charge in [0.05, 0.1) is 6.61 Å². The highest BCUT2D eigenvalue weighted by Gasteiger charge is 2.42. The highest BCUT2D eigenvalue weighted by atomic mass is 19.4. The minimum Gasteiger partial charge on any atom is -0.460 e. The average Bonchev–Trinajstić information content (AvgIpc) is 2.71. The van der Waals surface area contributed by atoms with E-state index in [1.807, 2.05) is 0 Å². The van der Waals surface area contributed by atoms with Crippen LogP contribution in [-0.4, -0.2) is 30.1 Å². The number of anilines is 1. The van der Waals surface area contributed by atoms with Crippen LogP contribution >= 0.6 is 0 Å². The van der Waals surface area contributed by atoms with Crippen LogP contribution in [0.2, 0.25) is 0 Å². The number of oxazole rings is 1. The maximum absolute atomic E-state index is 12.9. The third kappa shape index (κ3) is 3.43. The molecule has 1 heterocycles. The van der Waals surface area contributed by atoms with Crippen molar-refractivity contribution in [3.8, 4) is 0 Å². The molecule has 0 unspecified atom stereocenters. The molecule has 20 heavy (non-hydrogen) atoms. The molecule has 0 bridgehead atoms. The van der Waals surface area contributed by atoms with Gasteiger partial charge in [0.15, 0.2) is 5.69 Å². The lowest BCUT2D eigenvalue weighted by Crippen LogP contribution is -2.38. The number of carbonyl (C=O) groups is 1. The average molecular weight is 294 g/mol. The van der Waals surface area contributed by atoms with Gasteiger partial charge in [-0.15, -0.1) is 0 Å². The molecular weight excluding hydrogens is 277 g/mol. The summed E-state index contributed by atoms with van der Waals surface area (Å²) in [6, 6.07) is -0.284. The molecule has 1 aromatic rings. The molecule has 0 aromatic carbocycles. The fourth-order valence-electron chi connectivity index (χ4n) is 1.27. The quantitative estimate of drug-likeness (QED) is 0.802. The maximum Gasteiger partial charge on any atom is 0.437 e. The van der Waals surface area contributed by atoms with Gasteiger partial charge in [0, 0.05) is 12.6 Å². The third-order valence-corrected chi connectivity index (χ3v) is 2.64. The summed E-state index contributed by atoms with van der Waals surface area (Å²) in [7, 11) is 1.53. The molecule has 0 aliphatic rings. The lowest BCUT2D eigenvalue weighted by atomic mass is 10.1. The van der Waals surface area contributed by atoms with Crippen LogP contribution in [0.1, 0.15) is 43.9 Å². The normalized spacial score (nSPS) is 12.4. The minimum atomic E-state index is -4.79. The Kier molecular flexibility index (Phi) is 4.36. The number of ether oxygens (including phenoxy) is 1. The lowest BCUT2D eigenvalue weighted by molar-refractivity contribution is -0.141. The lowest BCUT2D eigenvalue weighted by Gasteiger charge is -2.30. The number of halogens is 3. The van der Waals surface area contributed by atoms with Crippen LogP contribution in [0, 0.1) is 0 Å². The fraction of sp³-hybridized carbons (Fsp3) is 0.667. The first-order valence-corrected chi connectivity index (χ1v) is 5.97. The summed E-state index contributed by atoms with van der Waals surface area (Å²) in [5, 5.41) is 0.